The number of piperazine rings is 1. The smallest absolute Gasteiger partial charge is 0.431 e. The summed E-state index contributed by atoms with van der Waals surface area (Å²) in [6.45, 7) is 4.27. The molecule has 2 N–H and O–H groups in total. The monoisotopic (exact) mass is 662 g/mol. The summed E-state index contributed by atoms with van der Waals surface area (Å²) < 4.78 is 66.5. The molecule has 2 bridgehead atoms. The van der Waals surface area contributed by atoms with E-state index < -0.39 is 34.7 Å². The summed E-state index contributed by atoms with van der Waals surface area (Å²) in [7, 11) is 0. The lowest BCUT2D eigenvalue weighted by Gasteiger charge is -2.34. The van der Waals surface area contributed by atoms with E-state index in [9.17, 15) is 27.5 Å². The number of aromatic nitrogens is 3. The standard InChI is InChI=1S/C35H34F4N6O3/c1-2-24-26(36)8-5-20-13-23(46)14-27(29(20)24)45-28(35(37,38)39)15-25-30(32(45)47)41-33(42-31(25)44-16-21-6-7-22(17-44)40-21)48-19-34(9-10-34)18-43-11-3-4-12-43/h1,5,8,13-15,21-22,40,46H,3-4,6-7,9-12,16-19H2/t21-,22+. The van der Waals surface area contributed by atoms with Crippen LogP contribution in [-0.2, 0) is 6.18 Å². The maximum Gasteiger partial charge on any atom is 0.431 e. The highest BCUT2D eigenvalue weighted by Gasteiger charge is 2.45. The van der Waals surface area contributed by atoms with Crippen LogP contribution >= 0.6 is 0 Å². The van der Waals surface area contributed by atoms with Gasteiger partial charge in [-0.15, -0.1) is 6.42 Å². The van der Waals surface area contributed by atoms with Gasteiger partial charge >= 0.3 is 12.2 Å². The molecule has 4 aromatic rings. The Morgan fingerprint density at radius 1 is 1.08 bits per heavy atom. The first-order valence-corrected chi connectivity index (χ1v) is 16.4. The highest BCUT2D eigenvalue weighted by Crippen LogP contribution is 2.47. The Morgan fingerprint density at radius 2 is 1.81 bits per heavy atom. The number of hydrogen-bond donors (Lipinski definition) is 2. The van der Waals surface area contributed by atoms with Crippen LogP contribution in [-0.4, -0.2) is 76.0 Å². The minimum absolute atomic E-state index is 0.0620. The number of nitrogens with one attached hydrogen (secondary N) is 1. The van der Waals surface area contributed by atoms with E-state index in [2.05, 4.69) is 26.1 Å². The summed E-state index contributed by atoms with van der Waals surface area (Å²) in [5, 5.41) is 14.1. The number of fused-ring (bicyclic) bond motifs is 4. The molecule has 4 fully saturated rings. The van der Waals surface area contributed by atoms with E-state index in [1.165, 1.54) is 12.1 Å². The molecular weight excluding hydrogens is 628 g/mol. The van der Waals surface area contributed by atoms with Crippen LogP contribution in [0.15, 0.2) is 35.1 Å². The normalized spacial score (nSPS) is 22.0. The van der Waals surface area contributed by atoms with E-state index >= 15 is 0 Å². The number of phenols is 1. The Kier molecular flexibility index (Phi) is 7.30. The number of terminal acetylenes is 1. The molecule has 9 nitrogen and oxygen atoms in total. The molecule has 13 heteroatoms. The number of ether oxygens (including phenoxy) is 1. The van der Waals surface area contributed by atoms with Gasteiger partial charge in [0.15, 0.2) is 0 Å². The summed E-state index contributed by atoms with van der Waals surface area (Å²) in [6.07, 6.45) is 6.70. The van der Waals surface area contributed by atoms with Crippen LogP contribution in [0.4, 0.5) is 23.4 Å². The second kappa shape index (κ2) is 11.3. The largest absolute Gasteiger partial charge is 0.508 e. The number of likely N-dealkylation sites (tertiary alicyclic amines) is 1. The van der Waals surface area contributed by atoms with Gasteiger partial charge in [0.1, 0.15) is 28.6 Å². The molecule has 0 amide bonds. The lowest BCUT2D eigenvalue weighted by atomic mass is 10.0. The minimum Gasteiger partial charge on any atom is -0.508 e. The van der Waals surface area contributed by atoms with Crippen LogP contribution in [0.2, 0.25) is 0 Å². The number of anilines is 1. The number of phenolic OH excluding ortho intramolecular Hbond substituents is 1. The van der Waals surface area contributed by atoms with Gasteiger partial charge in [-0.2, -0.15) is 23.1 Å². The van der Waals surface area contributed by atoms with Gasteiger partial charge in [0.2, 0.25) is 0 Å². The van der Waals surface area contributed by atoms with Crippen molar-refractivity contribution >= 4 is 27.5 Å². The molecule has 5 heterocycles. The van der Waals surface area contributed by atoms with Crippen molar-refractivity contribution in [1.82, 2.24) is 24.8 Å². The Bertz CT molecular complexity index is 2040. The van der Waals surface area contributed by atoms with Crippen LogP contribution in [0.5, 0.6) is 11.8 Å². The van der Waals surface area contributed by atoms with Crippen molar-refractivity contribution in [2.45, 2.75) is 56.8 Å². The number of pyridine rings is 1. The Labute approximate surface area is 273 Å². The SMILES string of the molecule is C#Cc1c(F)ccc2cc(O)cc(-n3c(C(F)(F)F)cc4c(N5C[C@H]6CC[C@@H](C5)N6)nc(OCC5(CN6CCCC6)CC5)nc4c3=O)c12. The molecule has 0 unspecified atom stereocenters. The van der Waals surface area contributed by atoms with Gasteiger partial charge in [-0.25, -0.2) is 4.39 Å². The van der Waals surface area contributed by atoms with Crippen LogP contribution < -0.4 is 20.5 Å². The van der Waals surface area contributed by atoms with Crippen LogP contribution in [0.25, 0.3) is 27.4 Å². The third-order valence-corrected chi connectivity index (χ3v) is 10.3. The second-order valence-corrected chi connectivity index (χ2v) is 13.7. The summed E-state index contributed by atoms with van der Waals surface area (Å²) in [5.41, 5.74) is -3.55. The zero-order valence-electron chi connectivity index (χ0n) is 26.1. The molecule has 2 atom stereocenters. The van der Waals surface area contributed by atoms with Crippen molar-refractivity contribution in [3.8, 4) is 29.8 Å². The van der Waals surface area contributed by atoms with E-state index in [1.54, 1.807) is 0 Å². The van der Waals surface area contributed by atoms with Crippen LogP contribution in [0, 0.1) is 23.6 Å². The van der Waals surface area contributed by atoms with Gasteiger partial charge in [0.05, 0.1) is 23.2 Å². The molecular formula is C35H34F4N6O3. The molecule has 1 saturated carbocycles. The summed E-state index contributed by atoms with van der Waals surface area (Å²) >= 11 is 0. The summed E-state index contributed by atoms with van der Waals surface area (Å²) in [4.78, 5) is 27.9. The average Bonchev–Trinajstić information content (AvgIpc) is 3.45. The topological polar surface area (TPSA) is 95.8 Å². The second-order valence-electron chi connectivity index (χ2n) is 13.7. The quantitative estimate of drug-likeness (QED) is 0.212. The Morgan fingerprint density at radius 3 is 2.48 bits per heavy atom. The molecule has 2 aromatic heterocycles. The van der Waals surface area contributed by atoms with Crippen molar-refractivity contribution < 1.29 is 27.4 Å². The van der Waals surface area contributed by atoms with Gasteiger partial charge < -0.3 is 25.0 Å². The number of aromatic hydroxyl groups is 1. The molecule has 250 valence electrons. The van der Waals surface area contributed by atoms with Crippen molar-refractivity contribution in [1.29, 1.82) is 0 Å². The maximum absolute atomic E-state index is 15.0. The van der Waals surface area contributed by atoms with Crippen LogP contribution in [0.1, 0.15) is 49.8 Å². The lowest BCUT2D eigenvalue weighted by Crippen LogP contribution is -2.51. The highest BCUT2D eigenvalue weighted by molar-refractivity contribution is 5.97. The summed E-state index contributed by atoms with van der Waals surface area (Å²) in [5.74, 6) is 1.13. The first-order valence-electron chi connectivity index (χ1n) is 16.4. The molecule has 48 heavy (non-hydrogen) atoms. The molecule has 0 radical (unpaired) electrons. The number of nitrogens with zero attached hydrogens (tertiary/aromatic N) is 5. The Hall–Kier alpha value is -4.41. The third kappa shape index (κ3) is 5.41. The number of alkyl halides is 3. The van der Waals surface area contributed by atoms with Crippen molar-refractivity contribution in [3.05, 3.63) is 57.8 Å². The fourth-order valence-corrected chi connectivity index (χ4v) is 7.75. The molecule has 1 aliphatic carbocycles. The van der Waals surface area contributed by atoms with Crippen molar-refractivity contribution in [2.24, 2.45) is 5.41 Å². The number of benzene rings is 2. The van der Waals surface area contributed by atoms with E-state index in [1.807, 2.05) is 4.90 Å². The number of hydrogen-bond acceptors (Lipinski definition) is 8. The predicted octanol–water partition coefficient (Wildman–Crippen LogP) is 4.97. The first-order chi connectivity index (χ1) is 23.0. The van der Waals surface area contributed by atoms with Crippen molar-refractivity contribution in [3.63, 3.8) is 0 Å². The lowest BCUT2D eigenvalue weighted by molar-refractivity contribution is -0.142. The molecule has 4 aliphatic rings. The summed E-state index contributed by atoms with van der Waals surface area (Å²) in [6, 6.07) is 5.62. The van der Waals surface area contributed by atoms with E-state index in [-0.39, 0.29) is 56.6 Å². The fraction of sp³-hybridized carbons (Fsp3) is 0.457. The number of rotatable bonds is 7. The predicted molar refractivity (Wildman–Crippen MR) is 172 cm³/mol. The average molecular weight is 663 g/mol. The maximum atomic E-state index is 15.0. The fourth-order valence-electron chi connectivity index (χ4n) is 7.75. The molecule has 2 aromatic carbocycles. The van der Waals surface area contributed by atoms with Gasteiger partial charge in [0.25, 0.3) is 5.56 Å². The zero-order valence-corrected chi connectivity index (χ0v) is 26.1. The molecule has 3 aliphatic heterocycles. The van der Waals surface area contributed by atoms with Gasteiger partial charge in [-0.1, -0.05) is 12.0 Å². The molecule has 3 saturated heterocycles. The number of halogens is 4. The van der Waals surface area contributed by atoms with Gasteiger partial charge in [-0.3, -0.25) is 9.36 Å². The zero-order chi connectivity index (χ0) is 33.4. The van der Waals surface area contributed by atoms with E-state index in [4.69, 9.17) is 11.2 Å². The van der Waals surface area contributed by atoms with Crippen LogP contribution in [0.3, 0.4) is 0 Å². The minimum atomic E-state index is -5.04. The van der Waals surface area contributed by atoms with E-state index in [0.717, 1.165) is 76.4 Å². The van der Waals surface area contributed by atoms with Gasteiger partial charge in [0, 0.05) is 48.6 Å². The van der Waals surface area contributed by atoms with Crippen molar-refractivity contribution in [2.75, 3.05) is 44.2 Å². The molecule has 0 spiro atoms. The van der Waals surface area contributed by atoms with E-state index in [0.29, 0.717) is 24.3 Å². The molecule has 8 rings (SSSR count). The third-order valence-electron chi connectivity index (χ3n) is 10.3. The highest BCUT2D eigenvalue weighted by atomic mass is 19.4. The first kappa shape index (κ1) is 30.9. The Balaban J connectivity index is 1.33. The van der Waals surface area contributed by atoms with Gasteiger partial charge in [-0.05, 0) is 75.2 Å².